The third-order valence-corrected chi connectivity index (χ3v) is 3.03. The number of nitro groups is 1. The average molecular weight is 286 g/mol. The summed E-state index contributed by atoms with van der Waals surface area (Å²) in [5, 5.41) is 11.2. The van der Waals surface area contributed by atoms with Crippen LogP contribution in [0.15, 0.2) is 42.5 Å². The molecule has 0 heterocycles. The summed E-state index contributed by atoms with van der Waals surface area (Å²) in [7, 11) is 0. The SMILES string of the molecule is Cc1ccc(Oc2ccc(CC(C)N)cc2[N+](=O)[O-])cc1. The molecule has 0 amide bonds. The molecule has 21 heavy (non-hydrogen) atoms. The Balaban J connectivity index is 2.30. The number of hydrogen-bond acceptors (Lipinski definition) is 4. The number of nitrogens with two attached hydrogens (primary N) is 1. The van der Waals surface area contributed by atoms with Crippen molar-refractivity contribution in [3.05, 3.63) is 63.7 Å². The normalized spacial score (nSPS) is 12.0. The predicted octanol–water partition coefficient (Wildman–Crippen LogP) is 3.59. The van der Waals surface area contributed by atoms with Crippen molar-refractivity contribution >= 4 is 5.69 Å². The molecule has 2 aromatic rings. The first-order valence-corrected chi connectivity index (χ1v) is 6.73. The fourth-order valence-electron chi connectivity index (χ4n) is 2.02. The van der Waals surface area contributed by atoms with Gasteiger partial charge >= 0.3 is 5.69 Å². The maximum atomic E-state index is 11.2. The van der Waals surface area contributed by atoms with Crippen LogP contribution < -0.4 is 10.5 Å². The van der Waals surface area contributed by atoms with E-state index in [9.17, 15) is 10.1 Å². The molecule has 5 nitrogen and oxygen atoms in total. The summed E-state index contributed by atoms with van der Waals surface area (Å²) in [6.45, 7) is 3.83. The van der Waals surface area contributed by atoms with Crippen LogP contribution in [0.5, 0.6) is 11.5 Å². The third kappa shape index (κ3) is 4.03. The van der Waals surface area contributed by atoms with E-state index in [4.69, 9.17) is 10.5 Å². The average Bonchev–Trinajstić information content (AvgIpc) is 2.42. The van der Waals surface area contributed by atoms with Crippen LogP contribution in [0.2, 0.25) is 0 Å². The van der Waals surface area contributed by atoms with Crippen LogP contribution in [0, 0.1) is 17.0 Å². The Kier molecular flexibility index (Phi) is 4.55. The van der Waals surface area contributed by atoms with E-state index in [0.717, 1.165) is 11.1 Å². The van der Waals surface area contributed by atoms with Crippen molar-refractivity contribution in [1.82, 2.24) is 0 Å². The zero-order valence-electron chi connectivity index (χ0n) is 12.1. The molecular formula is C16H18N2O3. The molecule has 0 aliphatic carbocycles. The number of aryl methyl sites for hydroxylation is 1. The van der Waals surface area contributed by atoms with Gasteiger partial charge in [-0.1, -0.05) is 23.8 Å². The van der Waals surface area contributed by atoms with Crippen molar-refractivity contribution < 1.29 is 9.66 Å². The van der Waals surface area contributed by atoms with Crippen LogP contribution in [0.25, 0.3) is 0 Å². The lowest BCUT2D eigenvalue weighted by Gasteiger charge is -2.09. The summed E-state index contributed by atoms with van der Waals surface area (Å²) in [6, 6.07) is 12.3. The molecule has 0 aliphatic heterocycles. The van der Waals surface area contributed by atoms with Gasteiger partial charge in [0.05, 0.1) is 4.92 Å². The van der Waals surface area contributed by atoms with Gasteiger partial charge in [0.25, 0.3) is 0 Å². The molecule has 0 aliphatic rings. The van der Waals surface area contributed by atoms with E-state index in [1.165, 1.54) is 6.07 Å². The Morgan fingerprint density at radius 3 is 2.48 bits per heavy atom. The summed E-state index contributed by atoms with van der Waals surface area (Å²) in [5.74, 6) is 0.806. The molecule has 2 N–H and O–H groups in total. The lowest BCUT2D eigenvalue weighted by atomic mass is 10.1. The second-order valence-corrected chi connectivity index (χ2v) is 5.16. The van der Waals surface area contributed by atoms with E-state index in [2.05, 4.69) is 0 Å². The van der Waals surface area contributed by atoms with E-state index < -0.39 is 4.92 Å². The largest absolute Gasteiger partial charge is 0.450 e. The molecular weight excluding hydrogens is 268 g/mol. The van der Waals surface area contributed by atoms with Crippen molar-refractivity contribution in [2.75, 3.05) is 0 Å². The summed E-state index contributed by atoms with van der Waals surface area (Å²) >= 11 is 0. The molecule has 5 heteroatoms. The Hall–Kier alpha value is -2.40. The first-order valence-electron chi connectivity index (χ1n) is 6.73. The van der Waals surface area contributed by atoms with Gasteiger partial charge in [-0.2, -0.15) is 0 Å². The Labute approximate surface area is 123 Å². The Morgan fingerprint density at radius 2 is 1.90 bits per heavy atom. The smallest absolute Gasteiger partial charge is 0.311 e. The van der Waals surface area contributed by atoms with Gasteiger partial charge in [0.1, 0.15) is 5.75 Å². The second kappa shape index (κ2) is 6.37. The lowest BCUT2D eigenvalue weighted by molar-refractivity contribution is -0.385. The molecule has 0 saturated carbocycles. The predicted molar refractivity (Wildman–Crippen MR) is 81.7 cm³/mol. The molecule has 0 aromatic heterocycles. The number of nitro benzene ring substituents is 1. The molecule has 0 radical (unpaired) electrons. The first-order chi connectivity index (χ1) is 9.95. The lowest BCUT2D eigenvalue weighted by Crippen LogP contribution is -2.17. The van der Waals surface area contributed by atoms with Crippen LogP contribution >= 0.6 is 0 Å². The van der Waals surface area contributed by atoms with Crippen LogP contribution in [-0.2, 0) is 6.42 Å². The minimum atomic E-state index is -0.436. The molecule has 0 saturated heterocycles. The molecule has 0 bridgehead atoms. The molecule has 2 rings (SSSR count). The number of hydrogen-bond donors (Lipinski definition) is 1. The van der Waals surface area contributed by atoms with Gasteiger partial charge in [-0.05, 0) is 44.0 Å². The molecule has 0 spiro atoms. The van der Waals surface area contributed by atoms with Gasteiger partial charge in [0.2, 0.25) is 5.75 Å². The maximum absolute atomic E-state index is 11.2. The first kappa shape index (κ1) is 15.0. The minimum absolute atomic E-state index is 0.0475. The zero-order valence-corrected chi connectivity index (χ0v) is 12.1. The number of ether oxygens (including phenoxy) is 1. The third-order valence-electron chi connectivity index (χ3n) is 3.03. The van der Waals surface area contributed by atoms with E-state index in [0.29, 0.717) is 12.2 Å². The van der Waals surface area contributed by atoms with Gasteiger partial charge in [-0.15, -0.1) is 0 Å². The highest BCUT2D eigenvalue weighted by Crippen LogP contribution is 2.32. The van der Waals surface area contributed by atoms with Crippen molar-refractivity contribution in [2.45, 2.75) is 26.3 Å². The highest BCUT2D eigenvalue weighted by Gasteiger charge is 2.17. The molecule has 2 aromatic carbocycles. The maximum Gasteiger partial charge on any atom is 0.311 e. The molecule has 110 valence electrons. The van der Waals surface area contributed by atoms with Gasteiger partial charge in [0.15, 0.2) is 0 Å². The van der Waals surface area contributed by atoms with Crippen LogP contribution in [0.1, 0.15) is 18.1 Å². The van der Waals surface area contributed by atoms with Crippen molar-refractivity contribution in [2.24, 2.45) is 5.73 Å². The Morgan fingerprint density at radius 1 is 1.24 bits per heavy atom. The van der Waals surface area contributed by atoms with Crippen LogP contribution in [-0.4, -0.2) is 11.0 Å². The van der Waals surface area contributed by atoms with Crippen molar-refractivity contribution in [3.63, 3.8) is 0 Å². The van der Waals surface area contributed by atoms with Gasteiger partial charge < -0.3 is 10.5 Å². The Bertz CT molecular complexity index is 636. The monoisotopic (exact) mass is 286 g/mol. The second-order valence-electron chi connectivity index (χ2n) is 5.16. The number of benzene rings is 2. The van der Waals surface area contributed by atoms with E-state index >= 15 is 0 Å². The summed E-state index contributed by atoms with van der Waals surface area (Å²) < 4.78 is 5.61. The van der Waals surface area contributed by atoms with E-state index in [-0.39, 0.29) is 17.5 Å². The van der Waals surface area contributed by atoms with Crippen molar-refractivity contribution in [1.29, 1.82) is 0 Å². The number of rotatable bonds is 5. The fourth-order valence-corrected chi connectivity index (χ4v) is 2.02. The van der Waals surface area contributed by atoms with Gasteiger partial charge in [-0.3, -0.25) is 10.1 Å². The fraction of sp³-hybridized carbons (Fsp3) is 0.250. The highest BCUT2D eigenvalue weighted by atomic mass is 16.6. The summed E-state index contributed by atoms with van der Waals surface area (Å²) in [6.07, 6.45) is 0.589. The standard InChI is InChI=1S/C16H18N2O3/c1-11-3-6-14(7-4-11)21-16-8-5-13(9-12(2)17)10-15(16)18(19)20/h3-8,10,12H,9,17H2,1-2H3. The van der Waals surface area contributed by atoms with Crippen LogP contribution in [0.4, 0.5) is 5.69 Å². The molecule has 0 fully saturated rings. The highest BCUT2D eigenvalue weighted by molar-refractivity contribution is 5.50. The van der Waals surface area contributed by atoms with Crippen LogP contribution in [0.3, 0.4) is 0 Å². The van der Waals surface area contributed by atoms with Crippen molar-refractivity contribution in [3.8, 4) is 11.5 Å². The number of nitrogens with zero attached hydrogens (tertiary/aromatic N) is 1. The molecule has 1 atom stereocenters. The zero-order chi connectivity index (χ0) is 15.4. The molecule has 1 unspecified atom stereocenters. The topological polar surface area (TPSA) is 78.4 Å². The minimum Gasteiger partial charge on any atom is -0.450 e. The summed E-state index contributed by atoms with van der Waals surface area (Å²) in [4.78, 5) is 10.8. The summed E-state index contributed by atoms with van der Waals surface area (Å²) in [5.41, 5.74) is 7.61. The van der Waals surface area contributed by atoms with Gasteiger partial charge in [0, 0.05) is 12.1 Å². The van der Waals surface area contributed by atoms with E-state index in [1.807, 2.05) is 26.0 Å². The quantitative estimate of drug-likeness (QED) is 0.673. The van der Waals surface area contributed by atoms with Gasteiger partial charge in [-0.25, -0.2) is 0 Å². The van der Waals surface area contributed by atoms with E-state index in [1.54, 1.807) is 24.3 Å².